The summed E-state index contributed by atoms with van der Waals surface area (Å²) in [6.07, 6.45) is 0. The van der Waals surface area contributed by atoms with E-state index in [1.54, 1.807) is 26.0 Å². The lowest BCUT2D eigenvalue weighted by molar-refractivity contribution is -0.384. The Morgan fingerprint density at radius 1 is 1.32 bits per heavy atom. The largest absolute Gasteiger partial charge is 0.431 e. The van der Waals surface area contributed by atoms with E-state index in [1.165, 1.54) is 6.07 Å². The smallest absolute Gasteiger partial charge is 0.293 e. The van der Waals surface area contributed by atoms with E-state index in [9.17, 15) is 14.9 Å². The van der Waals surface area contributed by atoms with Crippen LogP contribution in [0.4, 0.5) is 11.4 Å². The van der Waals surface area contributed by atoms with E-state index in [2.05, 4.69) is 10.3 Å². The zero-order valence-corrected chi connectivity index (χ0v) is 14.4. The summed E-state index contributed by atoms with van der Waals surface area (Å²) < 4.78 is 5.53. The molecular weight excluding hydrogens is 342 g/mol. The molecule has 0 fully saturated rings. The maximum absolute atomic E-state index is 12.2. The molecule has 1 amide bonds. The summed E-state index contributed by atoms with van der Waals surface area (Å²) in [4.78, 5) is 27.2. The van der Waals surface area contributed by atoms with Gasteiger partial charge >= 0.3 is 0 Å². The van der Waals surface area contributed by atoms with Crippen LogP contribution in [0, 0.1) is 24.0 Å². The Morgan fingerprint density at radius 3 is 2.80 bits per heavy atom. The number of benzene rings is 2. The number of carbonyl (C=O) groups excluding carboxylic acids is 1. The van der Waals surface area contributed by atoms with Crippen molar-refractivity contribution in [3.05, 3.63) is 57.6 Å². The van der Waals surface area contributed by atoms with E-state index in [0.717, 1.165) is 22.8 Å². The number of oxazole rings is 1. The van der Waals surface area contributed by atoms with Crippen molar-refractivity contribution in [2.24, 2.45) is 0 Å². The Bertz CT molecular complexity index is 935. The highest BCUT2D eigenvalue weighted by molar-refractivity contribution is 7.99. The molecule has 0 atom stereocenters. The van der Waals surface area contributed by atoms with E-state index in [-0.39, 0.29) is 23.0 Å². The van der Waals surface area contributed by atoms with Crippen LogP contribution in [-0.2, 0) is 4.79 Å². The van der Waals surface area contributed by atoms with Gasteiger partial charge in [-0.25, -0.2) is 4.98 Å². The molecule has 3 aromatic rings. The highest BCUT2D eigenvalue weighted by Crippen LogP contribution is 2.30. The van der Waals surface area contributed by atoms with Crippen molar-refractivity contribution in [1.82, 2.24) is 4.98 Å². The second-order valence-electron chi connectivity index (χ2n) is 5.52. The first-order valence-electron chi connectivity index (χ1n) is 7.48. The van der Waals surface area contributed by atoms with Crippen molar-refractivity contribution in [1.29, 1.82) is 0 Å². The number of fused-ring (bicyclic) bond motifs is 1. The van der Waals surface area contributed by atoms with Crippen molar-refractivity contribution in [2.45, 2.75) is 19.1 Å². The van der Waals surface area contributed by atoms with Gasteiger partial charge in [-0.15, -0.1) is 0 Å². The molecule has 0 saturated heterocycles. The lowest BCUT2D eigenvalue weighted by Gasteiger charge is -2.09. The van der Waals surface area contributed by atoms with E-state index in [0.29, 0.717) is 16.4 Å². The standard InChI is InChI=1S/C17H15N3O4S/c1-10-7-11(2)16(13(8-10)20(22)23)19-15(21)9-25-17-18-12-5-3-4-6-14(12)24-17/h3-8H,9H2,1-2H3,(H,19,21). The number of nitro benzene ring substituents is 1. The van der Waals surface area contributed by atoms with Crippen molar-refractivity contribution < 1.29 is 14.1 Å². The second kappa shape index (κ2) is 6.94. The zero-order chi connectivity index (χ0) is 18.0. The first-order valence-corrected chi connectivity index (χ1v) is 8.46. The molecule has 1 N–H and O–H groups in total. The van der Waals surface area contributed by atoms with Crippen LogP contribution in [0.2, 0.25) is 0 Å². The number of rotatable bonds is 5. The van der Waals surface area contributed by atoms with Crippen molar-refractivity contribution in [3.8, 4) is 0 Å². The van der Waals surface area contributed by atoms with Gasteiger partial charge in [0.1, 0.15) is 11.2 Å². The van der Waals surface area contributed by atoms with E-state index >= 15 is 0 Å². The Balaban J connectivity index is 1.71. The highest BCUT2D eigenvalue weighted by Gasteiger charge is 2.19. The average Bonchev–Trinajstić information content (AvgIpc) is 2.98. The molecule has 0 radical (unpaired) electrons. The lowest BCUT2D eigenvalue weighted by atomic mass is 10.1. The number of nitrogens with zero attached hydrogens (tertiary/aromatic N) is 2. The maximum atomic E-state index is 12.2. The summed E-state index contributed by atoms with van der Waals surface area (Å²) in [5, 5.41) is 14.2. The third-order valence-corrected chi connectivity index (χ3v) is 4.35. The summed E-state index contributed by atoms with van der Waals surface area (Å²) in [6.45, 7) is 3.50. The van der Waals surface area contributed by atoms with E-state index in [4.69, 9.17) is 4.42 Å². The number of amides is 1. The number of anilines is 1. The van der Waals surface area contributed by atoms with Gasteiger partial charge in [-0.3, -0.25) is 14.9 Å². The molecule has 25 heavy (non-hydrogen) atoms. The third kappa shape index (κ3) is 3.80. The normalized spacial score (nSPS) is 10.8. The molecule has 7 nitrogen and oxygen atoms in total. The fourth-order valence-electron chi connectivity index (χ4n) is 2.47. The number of nitrogens with one attached hydrogen (secondary N) is 1. The first-order chi connectivity index (χ1) is 11.9. The van der Waals surface area contributed by atoms with Gasteiger partial charge in [0.25, 0.3) is 10.9 Å². The number of carbonyl (C=O) groups is 1. The van der Waals surface area contributed by atoms with Gasteiger partial charge in [-0.1, -0.05) is 30.0 Å². The molecule has 0 aliphatic heterocycles. The van der Waals surface area contributed by atoms with Crippen LogP contribution in [0.25, 0.3) is 11.1 Å². The molecule has 0 aliphatic carbocycles. The quantitative estimate of drug-likeness (QED) is 0.420. The second-order valence-corrected chi connectivity index (χ2v) is 6.44. The Morgan fingerprint density at radius 2 is 2.08 bits per heavy atom. The number of para-hydroxylation sites is 2. The lowest BCUT2D eigenvalue weighted by Crippen LogP contribution is -2.16. The minimum atomic E-state index is -0.496. The van der Waals surface area contributed by atoms with Gasteiger partial charge in [-0.05, 0) is 37.1 Å². The van der Waals surface area contributed by atoms with Crippen LogP contribution in [0.1, 0.15) is 11.1 Å². The fourth-order valence-corrected chi connectivity index (χ4v) is 3.11. The van der Waals surface area contributed by atoms with Crippen molar-refractivity contribution in [2.75, 3.05) is 11.1 Å². The number of hydrogen-bond donors (Lipinski definition) is 1. The number of aryl methyl sites for hydroxylation is 2. The Hall–Kier alpha value is -2.87. The molecule has 1 aromatic heterocycles. The van der Waals surface area contributed by atoms with Crippen molar-refractivity contribution >= 4 is 40.1 Å². The molecule has 128 valence electrons. The average molecular weight is 357 g/mol. The molecule has 0 saturated carbocycles. The van der Waals surface area contributed by atoms with E-state index < -0.39 is 4.92 Å². The first kappa shape index (κ1) is 17.0. The van der Waals surface area contributed by atoms with E-state index in [1.807, 2.05) is 18.2 Å². The number of nitro groups is 1. The number of hydrogen-bond acceptors (Lipinski definition) is 6. The molecule has 0 spiro atoms. The van der Waals surface area contributed by atoms with Crippen LogP contribution in [0.3, 0.4) is 0 Å². The van der Waals surface area contributed by atoms with Crippen LogP contribution in [0.15, 0.2) is 46.0 Å². The highest BCUT2D eigenvalue weighted by atomic mass is 32.2. The monoisotopic (exact) mass is 357 g/mol. The molecule has 0 bridgehead atoms. The van der Waals surface area contributed by atoms with Gasteiger partial charge < -0.3 is 9.73 Å². The molecule has 0 unspecified atom stereocenters. The number of aromatic nitrogens is 1. The maximum Gasteiger partial charge on any atom is 0.293 e. The van der Waals surface area contributed by atoms with Gasteiger partial charge in [0, 0.05) is 6.07 Å². The summed E-state index contributed by atoms with van der Waals surface area (Å²) in [5.74, 6) is -0.320. The van der Waals surface area contributed by atoms with Crippen molar-refractivity contribution in [3.63, 3.8) is 0 Å². The van der Waals surface area contributed by atoms with Crippen LogP contribution < -0.4 is 5.32 Å². The van der Waals surface area contributed by atoms with Gasteiger partial charge in [0.05, 0.1) is 10.7 Å². The summed E-state index contributed by atoms with van der Waals surface area (Å²) in [7, 11) is 0. The molecule has 3 rings (SSSR count). The summed E-state index contributed by atoms with van der Waals surface area (Å²) in [5.41, 5.74) is 2.89. The SMILES string of the molecule is Cc1cc(C)c(NC(=O)CSc2nc3ccccc3o2)c([N+](=O)[O-])c1. The van der Waals surface area contributed by atoms with Gasteiger partial charge in [0.15, 0.2) is 5.58 Å². The number of thioether (sulfide) groups is 1. The van der Waals surface area contributed by atoms with Gasteiger partial charge in [0.2, 0.25) is 5.91 Å². The molecule has 2 aromatic carbocycles. The molecule has 1 heterocycles. The summed E-state index contributed by atoms with van der Waals surface area (Å²) >= 11 is 1.14. The molecule has 0 aliphatic rings. The third-order valence-electron chi connectivity index (χ3n) is 3.52. The zero-order valence-electron chi connectivity index (χ0n) is 13.6. The summed E-state index contributed by atoms with van der Waals surface area (Å²) in [6, 6.07) is 10.5. The van der Waals surface area contributed by atoms with Gasteiger partial charge in [-0.2, -0.15) is 0 Å². The predicted octanol–water partition coefficient (Wildman–Crippen LogP) is 4.08. The molecular formula is C17H15N3O4S. The Kier molecular flexibility index (Phi) is 4.71. The predicted molar refractivity (Wildman–Crippen MR) is 95.9 cm³/mol. The molecule has 8 heteroatoms. The van der Waals surface area contributed by atoms with Crippen LogP contribution in [-0.4, -0.2) is 21.6 Å². The van der Waals surface area contributed by atoms with Crippen LogP contribution in [0.5, 0.6) is 0 Å². The minimum Gasteiger partial charge on any atom is -0.431 e. The fraction of sp³-hybridized carbons (Fsp3) is 0.176. The minimum absolute atomic E-state index is 0.0390. The Labute approximate surface area is 147 Å². The van der Waals surface area contributed by atoms with Crippen LogP contribution >= 0.6 is 11.8 Å². The topological polar surface area (TPSA) is 98.3 Å².